The Morgan fingerprint density at radius 1 is 0.730 bits per heavy atom. The van der Waals surface area contributed by atoms with Crippen molar-refractivity contribution in [3.05, 3.63) is 154 Å². The number of hydrogen-bond donors (Lipinski definition) is 5. The minimum atomic E-state index is -1.25. The van der Waals surface area contributed by atoms with Crippen LogP contribution in [-0.4, -0.2) is 68.6 Å². The van der Waals surface area contributed by atoms with Gasteiger partial charge in [-0.1, -0.05) is 42.5 Å². The lowest BCUT2D eigenvalue weighted by Crippen LogP contribution is -2.44. The number of primary amides is 1. The molecule has 1 unspecified atom stereocenters. The van der Waals surface area contributed by atoms with Gasteiger partial charge in [0.05, 0.1) is 46.6 Å². The van der Waals surface area contributed by atoms with Gasteiger partial charge >= 0.3 is 5.97 Å². The van der Waals surface area contributed by atoms with E-state index >= 15 is 0 Å². The van der Waals surface area contributed by atoms with Crippen LogP contribution in [0.15, 0.2) is 114 Å². The molecule has 5 aromatic rings. The average Bonchev–Trinajstić information content (AvgIpc) is 3.25. The van der Waals surface area contributed by atoms with Gasteiger partial charge in [0, 0.05) is 46.5 Å². The van der Waals surface area contributed by atoms with Gasteiger partial charge in [0.15, 0.2) is 28.8 Å². The summed E-state index contributed by atoms with van der Waals surface area (Å²) in [5.74, 6) is -4.55. The van der Waals surface area contributed by atoms with Crippen LogP contribution >= 0.6 is 11.8 Å². The maximum absolute atomic E-state index is 13.5. The number of anilines is 1. The SMILES string of the molecule is CC(C)Oc1c(CC(=O)c2ccc(CC(=O)[C@H](CC(N)=O)NC(=O)c3ccc(NC(=O)C(C)Sc4ccc(C#N)cc4)cc3)cc2)ccc(C(=O)Cc2ccc(C(=O)O)cc2)c1O. The number of amides is 3. The fraction of sp³-hybridized carbons (Fsp3) is 0.208. The number of nitrogens with one attached hydrogen (secondary N) is 2. The number of ketones is 3. The maximum atomic E-state index is 13.5. The first-order valence-electron chi connectivity index (χ1n) is 19.7. The van der Waals surface area contributed by atoms with Crippen LogP contribution in [0.5, 0.6) is 11.5 Å². The lowest BCUT2D eigenvalue weighted by atomic mass is 9.95. The third-order valence-electron chi connectivity index (χ3n) is 9.62. The lowest BCUT2D eigenvalue weighted by Gasteiger charge is -2.18. The molecule has 0 bridgehead atoms. The summed E-state index contributed by atoms with van der Waals surface area (Å²) in [5, 5.41) is 34.2. The second-order valence-electron chi connectivity index (χ2n) is 14.8. The normalized spacial score (nSPS) is 11.7. The van der Waals surface area contributed by atoms with E-state index in [0.29, 0.717) is 27.9 Å². The molecule has 63 heavy (non-hydrogen) atoms. The number of nitriles is 1. The number of phenols is 1. The number of benzene rings is 5. The number of carboxylic acid groups (broad SMARTS) is 1. The highest BCUT2D eigenvalue weighted by molar-refractivity contribution is 8.00. The molecule has 14 nitrogen and oxygen atoms in total. The van der Waals surface area contributed by atoms with Crippen LogP contribution in [0, 0.1) is 11.3 Å². The predicted molar refractivity (Wildman–Crippen MR) is 235 cm³/mol. The Balaban J connectivity index is 1.19. The highest BCUT2D eigenvalue weighted by atomic mass is 32.2. The van der Waals surface area contributed by atoms with Crippen molar-refractivity contribution < 1.29 is 48.5 Å². The average molecular weight is 869 g/mol. The first kappa shape index (κ1) is 46.5. The number of hydrogen-bond acceptors (Lipinski definition) is 11. The van der Waals surface area contributed by atoms with Crippen molar-refractivity contribution in [1.29, 1.82) is 5.26 Å². The van der Waals surface area contributed by atoms with Crippen LogP contribution in [0.1, 0.15) is 90.9 Å². The van der Waals surface area contributed by atoms with Crippen molar-refractivity contribution in [1.82, 2.24) is 5.32 Å². The van der Waals surface area contributed by atoms with Crippen LogP contribution in [0.25, 0.3) is 0 Å². The van der Waals surface area contributed by atoms with Crippen LogP contribution in [0.2, 0.25) is 0 Å². The van der Waals surface area contributed by atoms with Gasteiger partial charge in [-0.3, -0.25) is 28.8 Å². The molecule has 0 heterocycles. The summed E-state index contributed by atoms with van der Waals surface area (Å²) >= 11 is 1.32. The summed E-state index contributed by atoms with van der Waals surface area (Å²) in [5.41, 5.74) is 8.25. The number of carbonyl (C=O) groups excluding carboxylic acids is 6. The molecule has 0 aromatic heterocycles. The van der Waals surface area contributed by atoms with Crippen LogP contribution < -0.4 is 21.1 Å². The minimum Gasteiger partial charge on any atom is -0.504 e. The number of rotatable bonds is 20. The molecule has 5 aromatic carbocycles. The van der Waals surface area contributed by atoms with Gasteiger partial charge < -0.3 is 31.3 Å². The number of ether oxygens (including phenoxy) is 1. The fourth-order valence-corrected chi connectivity index (χ4v) is 7.17. The van der Waals surface area contributed by atoms with Gasteiger partial charge in [-0.25, -0.2) is 4.79 Å². The third kappa shape index (κ3) is 13.0. The topological polar surface area (TPSA) is 243 Å². The summed E-state index contributed by atoms with van der Waals surface area (Å²) in [6.45, 7) is 5.20. The Labute approximate surface area is 367 Å². The second kappa shape index (κ2) is 21.3. The first-order valence-corrected chi connectivity index (χ1v) is 20.6. The number of thioether (sulfide) groups is 1. The van der Waals surface area contributed by atoms with E-state index in [9.17, 15) is 38.7 Å². The monoisotopic (exact) mass is 868 g/mol. The number of phenolic OH excluding ortho intramolecular Hbond substituents is 1. The molecule has 0 spiro atoms. The number of nitrogens with two attached hydrogens (primary N) is 1. The predicted octanol–water partition coefficient (Wildman–Crippen LogP) is 6.50. The molecule has 0 fully saturated rings. The molecule has 2 atom stereocenters. The van der Waals surface area contributed by atoms with Crippen LogP contribution in [-0.2, 0) is 33.6 Å². The molecule has 0 radical (unpaired) electrons. The lowest BCUT2D eigenvalue weighted by molar-refractivity contribution is -0.125. The number of Topliss-reactive ketones (excluding diaryl/α,β-unsaturated/α-hetero) is 3. The van der Waals surface area contributed by atoms with Gasteiger partial charge in [-0.05, 0) is 98.6 Å². The third-order valence-corrected chi connectivity index (χ3v) is 10.7. The molecule has 0 aliphatic carbocycles. The number of carbonyl (C=O) groups is 7. The van der Waals surface area contributed by atoms with E-state index in [0.717, 1.165) is 4.90 Å². The molecule has 0 aliphatic rings. The van der Waals surface area contributed by atoms with Crippen LogP contribution in [0.4, 0.5) is 5.69 Å². The fourth-order valence-electron chi connectivity index (χ4n) is 6.30. The van der Waals surface area contributed by atoms with Crippen molar-refractivity contribution in [2.45, 2.75) is 68.7 Å². The zero-order valence-electron chi connectivity index (χ0n) is 34.5. The van der Waals surface area contributed by atoms with Gasteiger partial charge in [-0.2, -0.15) is 5.26 Å². The summed E-state index contributed by atoms with van der Waals surface area (Å²) in [7, 11) is 0. The molecular weight excluding hydrogens is 825 g/mol. The molecule has 0 aliphatic heterocycles. The molecule has 6 N–H and O–H groups in total. The molecule has 3 amide bonds. The quantitative estimate of drug-likeness (QED) is 0.0416. The smallest absolute Gasteiger partial charge is 0.335 e. The van der Waals surface area contributed by atoms with Crippen molar-refractivity contribution >= 4 is 58.5 Å². The zero-order valence-corrected chi connectivity index (χ0v) is 35.4. The first-order chi connectivity index (χ1) is 30.0. The van der Waals surface area contributed by atoms with Crippen molar-refractivity contribution in [2.75, 3.05) is 5.32 Å². The number of aromatic carboxylic acids is 1. The van der Waals surface area contributed by atoms with Gasteiger partial charge in [0.25, 0.3) is 5.91 Å². The number of aromatic hydroxyl groups is 1. The highest BCUT2D eigenvalue weighted by Gasteiger charge is 2.25. The van der Waals surface area contributed by atoms with E-state index in [1.54, 1.807) is 57.2 Å². The van der Waals surface area contributed by atoms with E-state index in [-0.39, 0.29) is 59.0 Å². The Kier molecular flexibility index (Phi) is 15.7. The van der Waals surface area contributed by atoms with Crippen LogP contribution in [0.3, 0.4) is 0 Å². The number of carboxylic acids is 1. The number of nitrogens with zero attached hydrogens (tertiary/aromatic N) is 1. The molecule has 0 saturated heterocycles. The molecular formula is C48H44N4O10S. The summed E-state index contributed by atoms with van der Waals surface area (Å²) in [4.78, 5) is 90.0. The van der Waals surface area contributed by atoms with Crippen molar-refractivity contribution in [2.24, 2.45) is 5.73 Å². The highest BCUT2D eigenvalue weighted by Crippen LogP contribution is 2.36. The standard InChI is InChI=1S/C48H44N4O10S/c1-27(2)62-45-35(16-21-38(44(45)57)41(54)22-29-6-12-34(13-7-29)48(60)61)24-40(53)32-10-4-30(5-11-32)23-42(55)39(25-43(50)56)52-47(59)33-14-17-36(18-15-33)51-46(58)28(3)63-37-19-8-31(26-49)9-20-37/h4-21,27-28,39,57H,22-25H2,1-3H3,(H2,50,56)(H,51,58)(H,52,59)(H,60,61)/t28?,39-/m0/s1. The van der Waals surface area contributed by atoms with E-state index in [1.807, 2.05) is 6.07 Å². The maximum Gasteiger partial charge on any atom is 0.335 e. The molecule has 0 saturated carbocycles. The Hall–Kier alpha value is -7.57. The Morgan fingerprint density at radius 3 is 1.89 bits per heavy atom. The van der Waals surface area contributed by atoms with E-state index in [1.165, 1.54) is 84.6 Å². The second-order valence-corrected chi connectivity index (χ2v) is 16.2. The van der Waals surface area contributed by atoms with E-state index in [2.05, 4.69) is 10.6 Å². The Bertz CT molecular complexity index is 2570. The van der Waals surface area contributed by atoms with E-state index < -0.39 is 58.9 Å². The van der Waals surface area contributed by atoms with Crippen molar-refractivity contribution in [3.63, 3.8) is 0 Å². The molecule has 322 valence electrons. The zero-order chi connectivity index (χ0) is 45.8. The Morgan fingerprint density at radius 2 is 1.32 bits per heavy atom. The van der Waals surface area contributed by atoms with Gasteiger partial charge in [0.2, 0.25) is 11.8 Å². The molecule has 5 rings (SSSR count). The summed E-state index contributed by atoms with van der Waals surface area (Å²) in [6.07, 6.45) is -1.38. The minimum absolute atomic E-state index is 0.0148. The summed E-state index contributed by atoms with van der Waals surface area (Å²) < 4.78 is 5.87. The largest absolute Gasteiger partial charge is 0.504 e. The van der Waals surface area contributed by atoms with E-state index in [4.69, 9.17) is 20.8 Å². The van der Waals surface area contributed by atoms with Gasteiger partial charge in [-0.15, -0.1) is 11.8 Å². The van der Waals surface area contributed by atoms with Gasteiger partial charge in [0.1, 0.15) is 0 Å². The summed E-state index contributed by atoms with van der Waals surface area (Å²) in [6, 6.07) is 28.6. The molecule has 15 heteroatoms. The van der Waals surface area contributed by atoms with Crippen molar-refractivity contribution in [3.8, 4) is 17.6 Å².